The van der Waals surface area contributed by atoms with Gasteiger partial charge in [-0.1, -0.05) is 146 Å². The van der Waals surface area contributed by atoms with Gasteiger partial charge in [-0.3, -0.25) is 0 Å². The summed E-state index contributed by atoms with van der Waals surface area (Å²) in [5, 5.41) is 0. The lowest BCUT2D eigenvalue weighted by molar-refractivity contribution is 0.619. The Bertz CT molecular complexity index is 964. The molecule has 0 atom stereocenters. The zero-order chi connectivity index (χ0) is 28.3. The van der Waals surface area contributed by atoms with E-state index in [1.54, 1.807) is 21.6 Å². The van der Waals surface area contributed by atoms with Gasteiger partial charge in [-0.2, -0.15) is 0 Å². The van der Waals surface area contributed by atoms with Crippen LogP contribution < -0.4 is 0 Å². The first kappa shape index (κ1) is 32.5. The molecule has 1 heteroatoms. The van der Waals surface area contributed by atoms with Crippen molar-refractivity contribution < 1.29 is 0 Å². The van der Waals surface area contributed by atoms with E-state index in [1.165, 1.54) is 125 Å². The summed E-state index contributed by atoms with van der Waals surface area (Å²) < 4.78 is 0. The number of benzene rings is 3. The second kappa shape index (κ2) is 20.0. The minimum absolute atomic E-state index is 0.0737. The lowest BCUT2D eigenvalue weighted by atomic mass is 9.95. The van der Waals surface area contributed by atoms with Gasteiger partial charge in [0.2, 0.25) is 0 Å². The fourth-order valence-corrected chi connectivity index (χ4v) is 8.31. The minimum atomic E-state index is -0.0737. The predicted molar refractivity (Wildman–Crippen MR) is 179 cm³/mol. The van der Waals surface area contributed by atoms with E-state index in [1.807, 2.05) is 0 Å². The SMILES string of the molecule is CCCCCCCc1cc(CCCCCCC)c([S+](c2ccccc2)c2ccccc2)c(CCCCCCC)c1. The van der Waals surface area contributed by atoms with Crippen LogP contribution in [0.15, 0.2) is 87.5 Å². The highest BCUT2D eigenvalue weighted by Crippen LogP contribution is 2.38. The summed E-state index contributed by atoms with van der Waals surface area (Å²) in [6.07, 6.45) is 23.9. The molecule has 218 valence electrons. The van der Waals surface area contributed by atoms with Crippen molar-refractivity contribution in [3.8, 4) is 0 Å². The number of aryl methyl sites for hydroxylation is 3. The van der Waals surface area contributed by atoms with Crippen molar-refractivity contribution >= 4 is 10.9 Å². The van der Waals surface area contributed by atoms with E-state index in [-0.39, 0.29) is 10.9 Å². The third-order valence-corrected chi connectivity index (χ3v) is 10.6. The summed E-state index contributed by atoms with van der Waals surface area (Å²) in [6.45, 7) is 6.95. The molecule has 3 aromatic rings. The Balaban J connectivity index is 2.03. The highest BCUT2D eigenvalue weighted by Gasteiger charge is 2.33. The van der Waals surface area contributed by atoms with Crippen LogP contribution in [0.3, 0.4) is 0 Å². The summed E-state index contributed by atoms with van der Waals surface area (Å²) in [5.74, 6) is 0. The van der Waals surface area contributed by atoms with E-state index in [4.69, 9.17) is 0 Å². The first-order valence-corrected chi connectivity index (χ1v) is 18.0. The molecule has 3 aromatic carbocycles. The van der Waals surface area contributed by atoms with Gasteiger partial charge in [0, 0.05) is 11.1 Å². The third-order valence-electron chi connectivity index (χ3n) is 8.13. The third kappa shape index (κ3) is 11.1. The van der Waals surface area contributed by atoms with Crippen molar-refractivity contribution in [1.82, 2.24) is 0 Å². The van der Waals surface area contributed by atoms with Gasteiger partial charge in [0.15, 0.2) is 14.7 Å². The van der Waals surface area contributed by atoms with Gasteiger partial charge in [-0.15, -0.1) is 0 Å². The molecule has 0 amide bonds. The summed E-state index contributed by atoms with van der Waals surface area (Å²) in [4.78, 5) is 4.57. The van der Waals surface area contributed by atoms with Crippen molar-refractivity contribution in [3.63, 3.8) is 0 Å². The maximum Gasteiger partial charge on any atom is 0.172 e. The van der Waals surface area contributed by atoms with Crippen molar-refractivity contribution in [2.45, 2.75) is 151 Å². The molecule has 0 bridgehead atoms. The van der Waals surface area contributed by atoms with Crippen molar-refractivity contribution in [3.05, 3.63) is 89.5 Å². The molecule has 0 aromatic heterocycles. The first-order valence-electron chi connectivity index (χ1n) is 16.8. The molecule has 0 N–H and O–H groups in total. The monoisotopic (exact) mass is 557 g/mol. The van der Waals surface area contributed by atoms with Crippen LogP contribution in [0.25, 0.3) is 0 Å². The highest BCUT2D eigenvalue weighted by molar-refractivity contribution is 7.97. The molecule has 0 nitrogen and oxygen atoms in total. The fourth-order valence-electron chi connectivity index (χ4n) is 5.86. The molecule has 0 saturated heterocycles. The van der Waals surface area contributed by atoms with Gasteiger partial charge < -0.3 is 0 Å². The Labute approximate surface area is 250 Å². The number of hydrogen-bond acceptors (Lipinski definition) is 0. The molecule has 0 spiro atoms. The van der Waals surface area contributed by atoms with Crippen LogP contribution in [-0.4, -0.2) is 0 Å². The standard InChI is InChI=1S/C39H57S/c1-4-7-10-13-18-25-34-32-35(26-19-14-11-8-5-2)39(36(33-34)27-20-15-12-9-6-3)40(37-28-21-16-22-29-37)38-30-23-17-24-31-38/h16-17,21-24,28-33H,4-15,18-20,25-27H2,1-3H3/q+1. The van der Waals surface area contributed by atoms with Crippen molar-refractivity contribution in [2.24, 2.45) is 0 Å². The lowest BCUT2D eigenvalue weighted by Crippen LogP contribution is -2.13. The molecule has 0 unspecified atom stereocenters. The first-order chi connectivity index (χ1) is 19.8. The Morgan fingerprint density at radius 1 is 0.425 bits per heavy atom. The van der Waals surface area contributed by atoms with E-state index >= 15 is 0 Å². The Morgan fingerprint density at radius 2 is 0.800 bits per heavy atom. The second-order valence-electron chi connectivity index (χ2n) is 11.7. The summed E-state index contributed by atoms with van der Waals surface area (Å²) in [6, 6.07) is 28.0. The average Bonchev–Trinajstić information content (AvgIpc) is 2.99. The average molecular weight is 558 g/mol. The second-order valence-corrected chi connectivity index (χ2v) is 13.6. The summed E-state index contributed by atoms with van der Waals surface area (Å²) >= 11 is 0. The summed E-state index contributed by atoms with van der Waals surface area (Å²) in [5.41, 5.74) is 4.88. The van der Waals surface area contributed by atoms with Gasteiger partial charge in [0.25, 0.3) is 0 Å². The van der Waals surface area contributed by atoms with Gasteiger partial charge in [-0.05, 0) is 68.4 Å². The molecule has 3 rings (SSSR count). The Kier molecular flexibility index (Phi) is 16.2. The Hall–Kier alpha value is -1.99. The van der Waals surface area contributed by atoms with E-state index in [0.29, 0.717) is 0 Å². The van der Waals surface area contributed by atoms with Crippen LogP contribution in [0.1, 0.15) is 134 Å². The summed E-state index contributed by atoms with van der Waals surface area (Å²) in [7, 11) is -0.0737. The number of unbranched alkanes of at least 4 members (excludes halogenated alkanes) is 12. The topological polar surface area (TPSA) is 0 Å². The molecule has 0 saturated carbocycles. The molecule has 0 aliphatic rings. The van der Waals surface area contributed by atoms with Crippen molar-refractivity contribution in [1.29, 1.82) is 0 Å². The molecule has 0 radical (unpaired) electrons. The number of rotatable bonds is 21. The molecular formula is C39H57S+. The van der Waals surface area contributed by atoms with Crippen LogP contribution in [0.2, 0.25) is 0 Å². The number of hydrogen-bond donors (Lipinski definition) is 0. The van der Waals surface area contributed by atoms with Gasteiger partial charge in [-0.25, -0.2) is 0 Å². The lowest BCUT2D eigenvalue weighted by Gasteiger charge is -2.18. The van der Waals surface area contributed by atoms with Crippen LogP contribution in [-0.2, 0) is 30.2 Å². The minimum Gasteiger partial charge on any atom is -0.0654 e. The molecule has 40 heavy (non-hydrogen) atoms. The van der Waals surface area contributed by atoms with Crippen LogP contribution in [0.4, 0.5) is 0 Å². The molecular weight excluding hydrogens is 500 g/mol. The van der Waals surface area contributed by atoms with Crippen LogP contribution in [0.5, 0.6) is 0 Å². The van der Waals surface area contributed by atoms with Crippen molar-refractivity contribution in [2.75, 3.05) is 0 Å². The molecule has 0 heterocycles. The van der Waals surface area contributed by atoms with Crippen LogP contribution >= 0.6 is 0 Å². The quantitative estimate of drug-likeness (QED) is 0.0902. The Morgan fingerprint density at radius 3 is 1.20 bits per heavy atom. The van der Waals surface area contributed by atoms with Crippen LogP contribution in [0, 0.1) is 0 Å². The van der Waals surface area contributed by atoms with Gasteiger partial charge >= 0.3 is 0 Å². The predicted octanol–water partition coefficient (Wildman–Crippen LogP) is 12.3. The zero-order valence-electron chi connectivity index (χ0n) is 26.1. The molecule has 0 fully saturated rings. The van der Waals surface area contributed by atoms with E-state index in [0.717, 1.165) is 0 Å². The van der Waals surface area contributed by atoms with E-state index < -0.39 is 0 Å². The van der Waals surface area contributed by atoms with E-state index in [2.05, 4.69) is 93.6 Å². The fraction of sp³-hybridized carbons (Fsp3) is 0.538. The van der Waals surface area contributed by atoms with Gasteiger partial charge in [0.1, 0.15) is 0 Å². The maximum atomic E-state index is 2.64. The van der Waals surface area contributed by atoms with E-state index in [9.17, 15) is 0 Å². The molecule has 0 aliphatic heterocycles. The largest absolute Gasteiger partial charge is 0.172 e. The normalized spacial score (nSPS) is 11.4. The molecule has 0 aliphatic carbocycles. The highest BCUT2D eigenvalue weighted by atomic mass is 32.2. The van der Waals surface area contributed by atoms with Gasteiger partial charge in [0.05, 0.1) is 10.9 Å². The maximum absolute atomic E-state index is 2.64. The smallest absolute Gasteiger partial charge is 0.0654 e. The zero-order valence-corrected chi connectivity index (χ0v) is 26.9.